The number of aromatic nitrogens is 1. The van der Waals surface area contributed by atoms with Crippen LogP contribution in [-0.4, -0.2) is 11.3 Å². The van der Waals surface area contributed by atoms with Gasteiger partial charge in [-0.25, -0.2) is 0 Å². The Kier molecular flexibility index (Phi) is 8.58. The highest BCUT2D eigenvalue weighted by molar-refractivity contribution is 7.26. The monoisotopic (exact) mass is 949 g/mol. The van der Waals surface area contributed by atoms with Crippen molar-refractivity contribution in [2.45, 2.75) is 0 Å². The minimum atomic E-state index is -0.0427. The molecule has 3 nitrogen and oxygen atoms in total. The average molecular weight is 950 g/mol. The van der Waals surface area contributed by atoms with E-state index in [2.05, 4.69) is 257 Å². The third-order valence-electron chi connectivity index (χ3n) is 15.3. The highest BCUT2D eigenvalue weighted by Gasteiger charge is 2.44. The molecule has 11 aromatic carbocycles. The van der Waals surface area contributed by atoms with Gasteiger partial charge in [0.2, 0.25) is 0 Å². The molecule has 2 aliphatic rings. The van der Waals surface area contributed by atoms with Crippen molar-refractivity contribution >= 4 is 142 Å². The van der Waals surface area contributed by atoms with Crippen LogP contribution in [0.15, 0.2) is 243 Å². The van der Waals surface area contributed by atoms with E-state index in [1.54, 1.807) is 0 Å². The molecule has 6 heteroatoms. The van der Waals surface area contributed by atoms with Crippen LogP contribution < -0.4 is 26.2 Å². The van der Waals surface area contributed by atoms with Crippen molar-refractivity contribution in [1.29, 1.82) is 0 Å². The second-order valence-corrected chi connectivity index (χ2v) is 21.3. The van der Waals surface area contributed by atoms with Gasteiger partial charge in [-0.05, 0) is 100 Å². The number of anilines is 6. The van der Waals surface area contributed by atoms with E-state index < -0.39 is 0 Å². The van der Waals surface area contributed by atoms with Crippen LogP contribution in [0.1, 0.15) is 0 Å². The summed E-state index contributed by atoms with van der Waals surface area (Å²) in [6, 6.07) is 90.9. The lowest BCUT2D eigenvalue weighted by molar-refractivity contribution is 1.16. The van der Waals surface area contributed by atoms with Crippen molar-refractivity contribution in [3.05, 3.63) is 243 Å². The van der Waals surface area contributed by atoms with Crippen molar-refractivity contribution in [3.63, 3.8) is 0 Å². The number of hydrogen-bond donors (Lipinski definition) is 0. The molecule has 334 valence electrons. The van der Waals surface area contributed by atoms with Crippen molar-refractivity contribution in [2.75, 3.05) is 9.80 Å². The molecule has 14 aromatic rings. The summed E-state index contributed by atoms with van der Waals surface area (Å²) in [6.07, 6.45) is 0. The first-order valence-electron chi connectivity index (χ1n) is 24.7. The van der Waals surface area contributed by atoms with Gasteiger partial charge in [-0.1, -0.05) is 170 Å². The Labute approximate surface area is 424 Å². The molecule has 0 spiro atoms. The molecular formula is C66H40BN3S2. The average Bonchev–Trinajstić information content (AvgIpc) is 4.12. The van der Waals surface area contributed by atoms with Crippen LogP contribution in [0, 0.1) is 0 Å². The first-order valence-corrected chi connectivity index (χ1v) is 26.3. The summed E-state index contributed by atoms with van der Waals surface area (Å²) < 4.78 is 7.67. The predicted molar refractivity (Wildman–Crippen MR) is 311 cm³/mol. The maximum Gasteiger partial charge on any atom is 0.252 e. The summed E-state index contributed by atoms with van der Waals surface area (Å²) in [7, 11) is 0. The lowest BCUT2D eigenvalue weighted by atomic mass is 9.33. The van der Waals surface area contributed by atoms with E-state index in [0.717, 1.165) is 17.1 Å². The number of fused-ring (bicyclic) bond motifs is 13. The molecule has 0 unspecified atom stereocenters. The molecule has 0 fully saturated rings. The third-order valence-corrected chi connectivity index (χ3v) is 17.6. The molecule has 0 N–H and O–H groups in total. The first-order chi connectivity index (χ1) is 35.7. The van der Waals surface area contributed by atoms with E-state index in [-0.39, 0.29) is 6.71 Å². The van der Waals surface area contributed by atoms with Gasteiger partial charge < -0.3 is 14.4 Å². The molecule has 0 amide bonds. The Morgan fingerprint density at radius 1 is 0.292 bits per heavy atom. The van der Waals surface area contributed by atoms with Crippen molar-refractivity contribution in [1.82, 2.24) is 4.57 Å². The van der Waals surface area contributed by atoms with Crippen molar-refractivity contribution in [2.24, 2.45) is 0 Å². The molecule has 2 aliphatic heterocycles. The Balaban J connectivity index is 1.08. The SMILES string of the molecule is c1ccc(-c2cc3sc4ccccc4c3cc2N2c3ccccc3B3c4ccccc4N(c4cc5c(cc4-c4ccccc4)sc4ccccc45)c4cc(-n5c6ccccc6c6ccccc65)cc2c43)cc1. The van der Waals surface area contributed by atoms with E-state index in [1.807, 2.05) is 22.7 Å². The maximum absolute atomic E-state index is 2.62. The van der Waals surface area contributed by atoms with Gasteiger partial charge in [0.05, 0.1) is 28.1 Å². The fourth-order valence-corrected chi connectivity index (χ4v) is 14.6. The zero-order valence-corrected chi connectivity index (χ0v) is 40.5. The molecular weight excluding hydrogens is 910 g/mol. The summed E-state index contributed by atoms with van der Waals surface area (Å²) >= 11 is 3.76. The van der Waals surface area contributed by atoms with E-state index in [1.165, 1.54) is 124 Å². The normalized spacial score (nSPS) is 12.9. The quantitative estimate of drug-likeness (QED) is 0.159. The predicted octanol–water partition coefficient (Wildman–Crippen LogP) is 16.9. The molecule has 0 radical (unpaired) electrons. The Bertz CT molecular complexity index is 4270. The Hall–Kier alpha value is -8.68. The van der Waals surface area contributed by atoms with Gasteiger partial charge in [0, 0.05) is 85.0 Å². The highest BCUT2D eigenvalue weighted by atomic mass is 32.1. The summed E-state index contributed by atoms with van der Waals surface area (Å²) in [5.74, 6) is 0. The number of benzene rings is 11. The molecule has 72 heavy (non-hydrogen) atoms. The highest BCUT2D eigenvalue weighted by Crippen LogP contribution is 2.52. The molecule has 0 saturated heterocycles. The van der Waals surface area contributed by atoms with E-state index >= 15 is 0 Å². The summed E-state index contributed by atoms with van der Waals surface area (Å²) in [4.78, 5) is 5.24. The molecule has 16 rings (SSSR count). The van der Waals surface area contributed by atoms with Crippen LogP contribution in [0.25, 0.3) is 90.1 Å². The second kappa shape index (κ2) is 15.4. The van der Waals surface area contributed by atoms with Crippen LogP contribution >= 0.6 is 22.7 Å². The van der Waals surface area contributed by atoms with E-state index in [9.17, 15) is 0 Å². The van der Waals surface area contributed by atoms with Gasteiger partial charge in [0.25, 0.3) is 6.71 Å². The maximum atomic E-state index is 2.62. The summed E-state index contributed by atoms with van der Waals surface area (Å²) in [5, 5.41) is 7.59. The number of hydrogen-bond acceptors (Lipinski definition) is 4. The lowest BCUT2D eigenvalue weighted by Gasteiger charge is -2.45. The zero-order chi connectivity index (χ0) is 47.0. The summed E-state index contributed by atoms with van der Waals surface area (Å²) in [6.45, 7) is -0.0427. The number of rotatable bonds is 5. The molecule has 0 bridgehead atoms. The van der Waals surface area contributed by atoms with Gasteiger partial charge in [-0.3, -0.25) is 0 Å². The summed E-state index contributed by atoms with van der Waals surface area (Å²) in [5.41, 5.74) is 19.2. The number of thiophene rings is 2. The second-order valence-electron chi connectivity index (χ2n) is 19.1. The van der Waals surface area contributed by atoms with Crippen LogP contribution in [0.3, 0.4) is 0 Å². The van der Waals surface area contributed by atoms with Crippen LogP contribution in [0.2, 0.25) is 0 Å². The van der Waals surface area contributed by atoms with Gasteiger partial charge >= 0.3 is 0 Å². The van der Waals surface area contributed by atoms with E-state index in [4.69, 9.17) is 0 Å². The van der Waals surface area contributed by atoms with Gasteiger partial charge in [0.1, 0.15) is 0 Å². The Morgan fingerprint density at radius 2 is 0.694 bits per heavy atom. The number of para-hydroxylation sites is 4. The third kappa shape index (κ3) is 5.73. The first kappa shape index (κ1) is 40.1. The molecule has 5 heterocycles. The minimum Gasteiger partial charge on any atom is -0.311 e. The van der Waals surface area contributed by atoms with E-state index in [0.29, 0.717) is 0 Å². The topological polar surface area (TPSA) is 11.4 Å². The number of nitrogens with zero attached hydrogens (tertiary/aromatic N) is 3. The fourth-order valence-electron chi connectivity index (χ4n) is 12.3. The minimum absolute atomic E-state index is 0.0427. The fraction of sp³-hybridized carbons (Fsp3) is 0. The molecule has 0 aliphatic carbocycles. The van der Waals surface area contributed by atoms with Crippen LogP contribution in [-0.2, 0) is 0 Å². The standard InChI is InChI=1S/C66H40BN3S2/c1-3-19-41(20-4-1)48-39-64-50(46-25-9-17-33-62(46)71-64)37-58(48)69-56-31-15-11-27-52(56)67-53-28-12-16-32-57(53)70(59-38-51-47-26-10-18-34-63(47)72-65(51)40-49(59)42-21-5-2-6-22-42)61-36-43(35-60(69)66(61)67)68-54-29-13-7-23-44(54)45-24-8-14-30-55(45)68/h1-40H. The van der Waals surface area contributed by atoms with Crippen molar-refractivity contribution in [3.8, 4) is 27.9 Å². The lowest BCUT2D eigenvalue weighted by Crippen LogP contribution is -2.61. The Morgan fingerprint density at radius 3 is 1.18 bits per heavy atom. The van der Waals surface area contributed by atoms with Crippen LogP contribution in [0.4, 0.5) is 34.1 Å². The van der Waals surface area contributed by atoms with Gasteiger partial charge in [-0.15, -0.1) is 22.7 Å². The van der Waals surface area contributed by atoms with Gasteiger partial charge in [0.15, 0.2) is 0 Å². The molecule has 0 saturated carbocycles. The largest absolute Gasteiger partial charge is 0.311 e. The van der Waals surface area contributed by atoms with Crippen LogP contribution in [0.5, 0.6) is 0 Å². The molecule has 3 aromatic heterocycles. The zero-order valence-electron chi connectivity index (χ0n) is 38.8. The molecule has 0 atom stereocenters. The van der Waals surface area contributed by atoms with Crippen molar-refractivity contribution < 1.29 is 0 Å². The smallest absolute Gasteiger partial charge is 0.252 e. The van der Waals surface area contributed by atoms with Gasteiger partial charge in [-0.2, -0.15) is 0 Å².